The van der Waals surface area contributed by atoms with Crippen LogP contribution in [-0.2, 0) is 19.6 Å². The Balaban J connectivity index is 2.04. The van der Waals surface area contributed by atoms with Gasteiger partial charge >= 0.3 is 0 Å². The summed E-state index contributed by atoms with van der Waals surface area (Å²) in [4.78, 5) is 12.1. The highest BCUT2D eigenvalue weighted by molar-refractivity contribution is 7.92. The number of amides is 1. The molecule has 22 heavy (non-hydrogen) atoms. The van der Waals surface area contributed by atoms with Gasteiger partial charge in [0, 0.05) is 13.2 Å². The Bertz CT molecular complexity index is 624. The van der Waals surface area contributed by atoms with E-state index >= 15 is 0 Å². The van der Waals surface area contributed by atoms with Gasteiger partial charge in [-0.05, 0) is 31.4 Å². The van der Waals surface area contributed by atoms with Crippen molar-refractivity contribution >= 4 is 21.6 Å². The fourth-order valence-electron chi connectivity index (χ4n) is 2.44. The van der Waals surface area contributed by atoms with Gasteiger partial charge in [0.25, 0.3) is 0 Å². The van der Waals surface area contributed by atoms with Gasteiger partial charge in [-0.15, -0.1) is 0 Å². The summed E-state index contributed by atoms with van der Waals surface area (Å²) < 4.78 is 30.6. The Morgan fingerprint density at radius 2 is 2.14 bits per heavy atom. The molecule has 7 heteroatoms. The molecule has 1 aliphatic heterocycles. The minimum atomic E-state index is -3.53. The van der Waals surface area contributed by atoms with Crippen LogP contribution in [0, 0.1) is 6.92 Å². The minimum absolute atomic E-state index is 0.0362. The summed E-state index contributed by atoms with van der Waals surface area (Å²) in [5, 5.41) is 2.75. The van der Waals surface area contributed by atoms with Gasteiger partial charge in [-0.3, -0.25) is 9.10 Å². The van der Waals surface area contributed by atoms with Gasteiger partial charge in [-0.2, -0.15) is 0 Å². The van der Waals surface area contributed by atoms with E-state index in [0.717, 1.165) is 35.6 Å². The van der Waals surface area contributed by atoms with E-state index < -0.39 is 10.0 Å². The summed E-state index contributed by atoms with van der Waals surface area (Å²) in [6.07, 6.45) is 3.06. The van der Waals surface area contributed by atoms with Crippen LogP contribution in [0.15, 0.2) is 24.3 Å². The first kappa shape index (κ1) is 16.8. The Labute approximate surface area is 131 Å². The van der Waals surface area contributed by atoms with Crippen LogP contribution >= 0.6 is 0 Å². The number of sulfonamides is 1. The third kappa shape index (κ3) is 4.45. The van der Waals surface area contributed by atoms with E-state index in [9.17, 15) is 13.2 Å². The highest BCUT2D eigenvalue weighted by atomic mass is 32.2. The summed E-state index contributed by atoms with van der Waals surface area (Å²) >= 11 is 0. The lowest BCUT2D eigenvalue weighted by molar-refractivity contribution is -0.120. The maximum absolute atomic E-state index is 12.1. The van der Waals surface area contributed by atoms with Crippen LogP contribution in [0.1, 0.15) is 18.4 Å². The molecule has 0 saturated carbocycles. The molecule has 1 aromatic carbocycles. The first-order chi connectivity index (χ1) is 10.4. The average Bonchev–Trinajstić information content (AvgIpc) is 2.95. The number of nitrogens with zero attached hydrogens (tertiary/aromatic N) is 1. The third-order valence-electron chi connectivity index (χ3n) is 3.62. The van der Waals surface area contributed by atoms with Gasteiger partial charge in [0.15, 0.2) is 0 Å². The van der Waals surface area contributed by atoms with Gasteiger partial charge in [-0.25, -0.2) is 8.42 Å². The SMILES string of the molecule is Cc1ccccc1N(CC(=O)NCC1CCCO1)S(C)(=O)=O. The molecule has 1 N–H and O–H groups in total. The molecule has 1 unspecified atom stereocenters. The Morgan fingerprint density at radius 1 is 1.41 bits per heavy atom. The number of carbonyl (C=O) groups excluding carboxylic acids is 1. The number of hydrogen-bond donors (Lipinski definition) is 1. The molecule has 2 rings (SSSR count). The van der Waals surface area contributed by atoms with Crippen LogP contribution in [0.4, 0.5) is 5.69 Å². The molecule has 1 saturated heterocycles. The van der Waals surface area contributed by atoms with E-state index in [2.05, 4.69) is 5.32 Å². The fourth-order valence-corrected chi connectivity index (χ4v) is 3.36. The van der Waals surface area contributed by atoms with Crippen LogP contribution in [-0.4, -0.2) is 46.4 Å². The molecule has 1 aromatic rings. The van der Waals surface area contributed by atoms with Gasteiger partial charge < -0.3 is 10.1 Å². The van der Waals surface area contributed by atoms with Crippen molar-refractivity contribution in [3.05, 3.63) is 29.8 Å². The molecule has 6 nitrogen and oxygen atoms in total. The summed E-state index contributed by atoms with van der Waals surface area (Å²) in [6.45, 7) is 2.73. The third-order valence-corrected chi connectivity index (χ3v) is 4.75. The summed E-state index contributed by atoms with van der Waals surface area (Å²) in [5.74, 6) is -0.329. The van der Waals surface area contributed by atoms with Crippen LogP contribution < -0.4 is 9.62 Å². The number of rotatable bonds is 6. The molecule has 1 aliphatic rings. The Hall–Kier alpha value is -1.60. The van der Waals surface area contributed by atoms with Crippen molar-refractivity contribution in [2.45, 2.75) is 25.9 Å². The van der Waals surface area contributed by atoms with Gasteiger partial charge in [0.2, 0.25) is 15.9 Å². The normalized spacial score (nSPS) is 18.2. The maximum atomic E-state index is 12.1. The fraction of sp³-hybridized carbons (Fsp3) is 0.533. The Kier molecular flexibility index (Phi) is 5.42. The first-order valence-electron chi connectivity index (χ1n) is 7.29. The zero-order valence-corrected chi connectivity index (χ0v) is 13.7. The second-order valence-electron chi connectivity index (χ2n) is 5.50. The lowest BCUT2D eigenvalue weighted by Gasteiger charge is -2.23. The van der Waals surface area contributed by atoms with Crippen molar-refractivity contribution in [1.82, 2.24) is 5.32 Å². The largest absolute Gasteiger partial charge is 0.376 e. The van der Waals surface area contributed by atoms with Crippen molar-refractivity contribution < 1.29 is 17.9 Å². The molecule has 1 heterocycles. The smallest absolute Gasteiger partial charge is 0.240 e. The molecule has 1 amide bonds. The minimum Gasteiger partial charge on any atom is -0.376 e. The zero-order chi connectivity index (χ0) is 16.2. The van der Waals surface area contributed by atoms with E-state index in [-0.39, 0.29) is 18.6 Å². The zero-order valence-electron chi connectivity index (χ0n) is 12.9. The first-order valence-corrected chi connectivity index (χ1v) is 9.14. The van der Waals surface area contributed by atoms with E-state index in [1.165, 1.54) is 0 Å². The van der Waals surface area contributed by atoms with Gasteiger partial charge in [-0.1, -0.05) is 18.2 Å². The molecule has 1 atom stereocenters. The maximum Gasteiger partial charge on any atom is 0.240 e. The molecular weight excluding hydrogens is 304 g/mol. The molecule has 0 spiro atoms. The Morgan fingerprint density at radius 3 is 2.73 bits per heavy atom. The second-order valence-corrected chi connectivity index (χ2v) is 7.40. The second kappa shape index (κ2) is 7.11. The van der Waals surface area contributed by atoms with Crippen LogP contribution in [0.3, 0.4) is 0 Å². The van der Waals surface area contributed by atoms with Crippen molar-refractivity contribution in [3.63, 3.8) is 0 Å². The number of benzene rings is 1. The number of para-hydroxylation sites is 1. The quantitative estimate of drug-likeness (QED) is 0.848. The van der Waals surface area contributed by atoms with E-state index in [1.54, 1.807) is 12.1 Å². The van der Waals surface area contributed by atoms with Crippen LogP contribution in [0.2, 0.25) is 0 Å². The topological polar surface area (TPSA) is 75.7 Å². The van der Waals surface area contributed by atoms with Crippen molar-refractivity contribution in [2.24, 2.45) is 0 Å². The average molecular weight is 326 g/mol. The summed E-state index contributed by atoms with van der Waals surface area (Å²) in [7, 11) is -3.53. The lowest BCUT2D eigenvalue weighted by Crippen LogP contribution is -2.42. The molecule has 122 valence electrons. The number of nitrogens with one attached hydrogen (secondary N) is 1. The molecule has 0 bridgehead atoms. The highest BCUT2D eigenvalue weighted by Gasteiger charge is 2.23. The summed E-state index contributed by atoms with van der Waals surface area (Å²) in [6, 6.07) is 7.10. The molecule has 0 radical (unpaired) electrons. The standard InChI is InChI=1S/C15H22N2O4S/c1-12-6-3-4-8-14(12)17(22(2,19)20)11-15(18)16-10-13-7-5-9-21-13/h3-4,6,8,13H,5,7,9-11H2,1-2H3,(H,16,18). The lowest BCUT2D eigenvalue weighted by atomic mass is 10.2. The summed E-state index contributed by atoms with van der Waals surface area (Å²) in [5.41, 5.74) is 1.33. The highest BCUT2D eigenvalue weighted by Crippen LogP contribution is 2.21. The predicted molar refractivity (Wildman–Crippen MR) is 85.4 cm³/mol. The number of carbonyl (C=O) groups is 1. The van der Waals surface area contributed by atoms with Crippen molar-refractivity contribution in [1.29, 1.82) is 0 Å². The van der Waals surface area contributed by atoms with Gasteiger partial charge in [0.1, 0.15) is 6.54 Å². The predicted octanol–water partition coefficient (Wildman–Crippen LogP) is 1.06. The molecule has 0 aliphatic carbocycles. The van der Waals surface area contributed by atoms with Crippen LogP contribution in [0.5, 0.6) is 0 Å². The molecule has 0 aromatic heterocycles. The number of aryl methyl sites for hydroxylation is 1. The van der Waals surface area contributed by atoms with Crippen LogP contribution in [0.25, 0.3) is 0 Å². The van der Waals surface area contributed by atoms with Gasteiger partial charge in [0.05, 0.1) is 18.0 Å². The number of ether oxygens (including phenoxy) is 1. The van der Waals surface area contributed by atoms with Crippen molar-refractivity contribution in [3.8, 4) is 0 Å². The molecule has 1 fully saturated rings. The van der Waals surface area contributed by atoms with E-state index in [0.29, 0.717) is 12.2 Å². The molecular formula is C15H22N2O4S. The van der Waals surface area contributed by atoms with E-state index in [1.807, 2.05) is 19.1 Å². The van der Waals surface area contributed by atoms with Crippen molar-refractivity contribution in [2.75, 3.05) is 30.3 Å². The monoisotopic (exact) mass is 326 g/mol. The number of anilines is 1. The van der Waals surface area contributed by atoms with E-state index in [4.69, 9.17) is 4.74 Å². The number of hydrogen-bond acceptors (Lipinski definition) is 4.